The van der Waals surface area contributed by atoms with Gasteiger partial charge in [-0.15, -0.1) is 0 Å². The lowest BCUT2D eigenvalue weighted by molar-refractivity contribution is 0.181. The smallest absolute Gasteiger partial charge is 0.414 e. The molecule has 2 heterocycles. The topological polar surface area (TPSA) is 56.6 Å². The number of carbonyl (C=O) groups excluding carboxylic acids is 1. The minimum Gasteiger partial charge on any atom is -0.447 e. The first-order valence-corrected chi connectivity index (χ1v) is 6.47. The van der Waals surface area contributed by atoms with Crippen LogP contribution in [0.4, 0.5) is 16.2 Å². The maximum atomic E-state index is 11.7. The zero-order chi connectivity index (χ0) is 13.2. The molecule has 2 aliphatic heterocycles. The highest BCUT2D eigenvalue weighted by Gasteiger charge is 2.29. The fraction of sp³-hybridized carbons (Fsp3) is 0.429. The van der Waals surface area contributed by atoms with Gasteiger partial charge in [0.15, 0.2) is 0 Å². The van der Waals surface area contributed by atoms with Gasteiger partial charge in [-0.1, -0.05) is 12.1 Å². The van der Waals surface area contributed by atoms with Gasteiger partial charge in [0.2, 0.25) is 0 Å². The SMILES string of the molecule is N#CC1CCN(c2ccccc2N2CCOC2=O)C1. The standard InChI is InChI=1S/C14H15N3O2/c15-9-11-5-6-16(10-11)12-3-1-2-4-13(12)17-7-8-19-14(17)18/h1-4,11H,5-8,10H2. The third kappa shape index (κ3) is 2.10. The largest absolute Gasteiger partial charge is 0.447 e. The molecule has 5 nitrogen and oxygen atoms in total. The van der Waals surface area contributed by atoms with Gasteiger partial charge in [0.1, 0.15) is 6.61 Å². The van der Waals surface area contributed by atoms with Crippen molar-refractivity contribution in [1.29, 1.82) is 5.26 Å². The van der Waals surface area contributed by atoms with E-state index < -0.39 is 0 Å². The van der Waals surface area contributed by atoms with Crippen LogP contribution in [0.25, 0.3) is 0 Å². The van der Waals surface area contributed by atoms with Crippen LogP contribution in [-0.2, 0) is 4.74 Å². The Morgan fingerprint density at radius 2 is 2.05 bits per heavy atom. The highest BCUT2D eigenvalue weighted by Crippen LogP contribution is 2.34. The summed E-state index contributed by atoms with van der Waals surface area (Å²) >= 11 is 0. The van der Waals surface area contributed by atoms with Crippen LogP contribution in [0.2, 0.25) is 0 Å². The summed E-state index contributed by atoms with van der Waals surface area (Å²) < 4.78 is 5.00. The summed E-state index contributed by atoms with van der Waals surface area (Å²) in [5.41, 5.74) is 1.89. The Balaban J connectivity index is 1.90. The molecule has 0 aliphatic carbocycles. The number of benzene rings is 1. The molecule has 0 spiro atoms. The summed E-state index contributed by atoms with van der Waals surface area (Å²) in [5.74, 6) is 0.0820. The van der Waals surface area contributed by atoms with Crippen LogP contribution in [0.5, 0.6) is 0 Å². The normalized spacial score (nSPS) is 22.5. The van der Waals surface area contributed by atoms with Gasteiger partial charge < -0.3 is 9.64 Å². The van der Waals surface area contributed by atoms with Gasteiger partial charge in [0.05, 0.1) is 29.9 Å². The first-order valence-electron chi connectivity index (χ1n) is 6.47. The lowest BCUT2D eigenvalue weighted by atomic mass is 10.1. The van der Waals surface area contributed by atoms with Crippen molar-refractivity contribution in [3.05, 3.63) is 24.3 Å². The van der Waals surface area contributed by atoms with Crippen molar-refractivity contribution in [1.82, 2.24) is 0 Å². The number of nitrogens with zero attached hydrogens (tertiary/aromatic N) is 3. The lowest BCUT2D eigenvalue weighted by Crippen LogP contribution is -2.27. The molecule has 2 fully saturated rings. The summed E-state index contributed by atoms with van der Waals surface area (Å²) in [4.78, 5) is 15.5. The van der Waals surface area contributed by atoms with Crippen LogP contribution in [0.1, 0.15) is 6.42 Å². The van der Waals surface area contributed by atoms with Gasteiger partial charge in [-0.3, -0.25) is 4.90 Å². The van der Waals surface area contributed by atoms with E-state index in [4.69, 9.17) is 10.00 Å². The average Bonchev–Trinajstić information content (AvgIpc) is 3.07. The van der Waals surface area contributed by atoms with Crippen LogP contribution < -0.4 is 9.80 Å². The van der Waals surface area contributed by atoms with E-state index in [9.17, 15) is 4.79 Å². The second-order valence-electron chi connectivity index (χ2n) is 4.82. The highest BCUT2D eigenvalue weighted by molar-refractivity contribution is 5.93. The predicted octanol–water partition coefficient (Wildman–Crippen LogP) is 1.99. The number of nitriles is 1. The zero-order valence-corrected chi connectivity index (χ0v) is 10.6. The van der Waals surface area contributed by atoms with Gasteiger partial charge in [0.25, 0.3) is 0 Å². The Morgan fingerprint density at radius 1 is 1.26 bits per heavy atom. The van der Waals surface area contributed by atoms with Crippen molar-refractivity contribution >= 4 is 17.5 Å². The van der Waals surface area contributed by atoms with Crippen molar-refractivity contribution < 1.29 is 9.53 Å². The molecular weight excluding hydrogens is 242 g/mol. The molecule has 1 amide bonds. The number of hydrogen-bond donors (Lipinski definition) is 0. The quantitative estimate of drug-likeness (QED) is 0.813. The molecular formula is C14H15N3O2. The van der Waals surface area contributed by atoms with Crippen LogP contribution in [0, 0.1) is 17.2 Å². The minimum absolute atomic E-state index is 0.0820. The fourth-order valence-corrected chi connectivity index (χ4v) is 2.66. The number of para-hydroxylation sites is 2. The van der Waals surface area contributed by atoms with Crippen molar-refractivity contribution in [3.8, 4) is 6.07 Å². The van der Waals surface area contributed by atoms with E-state index in [-0.39, 0.29) is 12.0 Å². The van der Waals surface area contributed by atoms with Gasteiger partial charge in [-0.25, -0.2) is 4.79 Å². The first kappa shape index (κ1) is 11.8. The van der Waals surface area contributed by atoms with Gasteiger partial charge in [0, 0.05) is 13.1 Å². The van der Waals surface area contributed by atoms with Gasteiger partial charge in [-0.2, -0.15) is 5.26 Å². The van der Waals surface area contributed by atoms with Crippen LogP contribution in [-0.4, -0.2) is 32.3 Å². The fourth-order valence-electron chi connectivity index (χ4n) is 2.66. The number of cyclic esters (lactones) is 1. The summed E-state index contributed by atoms with van der Waals surface area (Å²) in [6.45, 7) is 2.62. The van der Waals surface area contributed by atoms with Crippen molar-refractivity contribution in [2.75, 3.05) is 36.0 Å². The highest BCUT2D eigenvalue weighted by atomic mass is 16.6. The summed E-state index contributed by atoms with van der Waals surface area (Å²) in [6.07, 6.45) is 0.596. The van der Waals surface area contributed by atoms with Gasteiger partial charge in [-0.05, 0) is 18.6 Å². The first-order chi connectivity index (χ1) is 9.29. The van der Waals surface area contributed by atoms with Crippen molar-refractivity contribution in [2.24, 2.45) is 5.92 Å². The minimum atomic E-state index is -0.288. The Morgan fingerprint density at radius 3 is 2.68 bits per heavy atom. The summed E-state index contributed by atoms with van der Waals surface area (Å²) in [6, 6.07) is 10.1. The Kier molecular flexibility index (Phi) is 3.00. The van der Waals surface area contributed by atoms with Crippen molar-refractivity contribution in [3.63, 3.8) is 0 Å². The molecule has 1 aromatic carbocycles. The lowest BCUT2D eigenvalue weighted by Gasteiger charge is -2.24. The summed E-state index contributed by atoms with van der Waals surface area (Å²) in [5, 5.41) is 8.99. The van der Waals surface area contributed by atoms with Gasteiger partial charge >= 0.3 is 6.09 Å². The molecule has 1 atom stereocenters. The van der Waals surface area contributed by atoms with Crippen LogP contribution >= 0.6 is 0 Å². The summed E-state index contributed by atoms with van der Waals surface area (Å²) in [7, 11) is 0. The molecule has 0 bridgehead atoms. The maximum Gasteiger partial charge on any atom is 0.414 e. The maximum absolute atomic E-state index is 11.7. The molecule has 3 rings (SSSR count). The molecule has 2 aliphatic rings. The van der Waals surface area contributed by atoms with E-state index in [2.05, 4.69) is 11.0 Å². The molecule has 0 saturated carbocycles. The molecule has 2 saturated heterocycles. The Labute approximate surface area is 112 Å². The Bertz CT molecular complexity index is 538. The third-order valence-electron chi connectivity index (χ3n) is 3.64. The molecule has 5 heteroatoms. The van der Waals surface area contributed by atoms with E-state index in [0.29, 0.717) is 13.2 Å². The van der Waals surface area contributed by atoms with E-state index in [0.717, 1.165) is 30.9 Å². The second-order valence-corrected chi connectivity index (χ2v) is 4.82. The number of rotatable bonds is 2. The molecule has 0 radical (unpaired) electrons. The number of anilines is 2. The molecule has 0 aromatic heterocycles. The number of hydrogen-bond acceptors (Lipinski definition) is 4. The molecule has 1 unspecified atom stereocenters. The Hall–Kier alpha value is -2.22. The zero-order valence-electron chi connectivity index (χ0n) is 10.6. The molecule has 19 heavy (non-hydrogen) atoms. The number of carbonyl (C=O) groups is 1. The predicted molar refractivity (Wildman–Crippen MR) is 71.1 cm³/mol. The van der Waals surface area contributed by atoms with E-state index >= 15 is 0 Å². The van der Waals surface area contributed by atoms with Crippen LogP contribution in [0.3, 0.4) is 0 Å². The molecule has 98 valence electrons. The second kappa shape index (κ2) is 4.81. The number of amides is 1. The van der Waals surface area contributed by atoms with Crippen molar-refractivity contribution in [2.45, 2.75) is 6.42 Å². The third-order valence-corrected chi connectivity index (χ3v) is 3.64. The number of ether oxygens (including phenoxy) is 1. The van der Waals surface area contributed by atoms with Crippen LogP contribution in [0.15, 0.2) is 24.3 Å². The van der Waals surface area contributed by atoms with E-state index in [1.54, 1.807) is 4.90 Å². The van der Waals surface area contributed by atoms with E-state index in [1.165, 1.54) is 0 Å². The van der Waals surface area contributed by atoms with E-state index in [1.807, 2.05) is 24.3 Å². The molecule has 1 aromatic rings. The molecule has 0 N–H and O–H groups in total. The average molecular weight is 257 g/mol. The monoisotopic (exact) mass is 257 g/mol.